The fourth-order valence-corrected chi connectivity index (χ4v) is 1.52. The van der Waals surface area contributed by atoms with E-state index in [9.17, 15) is 4.79 Å². The van der Waals surface area contributed by atoms with Crippen LogP contribution in [0.5, 0.6) is 0 Å². The van der Waals surface area contributed by atoms with Crippen molar-refractivity contribution in [2.45, 2.75) is 13.8 Å². The molecule has 0 amide bonds. The molecule has 0 saturated heterocycles. The van der Waals surface area contributed by atoms with Gasteiger partial charge in [-0.1, -0.05) is 18.2 Å². The molecule has 0 spiro atoms. The highest BCUT2D eigenvalue weighted by molar-refractivity contribution is 5.81. The number of H-pyrrole nitrogens is 1. The number of benzene rings is 1. The predicted octanol–water partition coefficient (Wildman–Crippen LogP) is 2.26. The largest absolute Gasteiger partial charge is 0.310 e. The zero-order valence-corrected chi connectivity index (χ0v) is 8.79. The van der Waals surface area contributed by atoms with Gasteiger partial charge in [-0.25, -0.2) is 4.98 Å². The second-order valence-electron chi connectivity index (χ2n) is 3.66. The van der Waals surface area contributed by atoms with Gasteiger partial charge >= 0.3 is 0 Å². The number of hydrogen-bond acceptors (Lipinski definition) is 2. The molecule has 3 nitrogen and oxygen atoms in total. The predicted molar refractivity (Wildman–Crippen MR) is 61.8 cm³/mol. The molecule has 0 aliphatic carbocycles. The van der Waals surface area contributed by atoms with Crippen LogP contribution in [0.3, 0.4) is 0 Å². The Labute approximate surface area is 87.5 Å². The average Bonchev–Trinajstić information content (AvgIpc) is 2.16. The van der Waals surface area contributed by atoms with Gasteiger partial charge in [-0.05, 0) is 31.5 Å². The zero-order chi connectivity index (χ0) is 11.0. The third-order valence-corrected chi connectivity index (χ3v) is 2.32. The second kappa shape index (κ2) is 3.35. The molecule has 0 aliphatic rings. The topological polar surface area (TPSA) is 45.8 Å². The second-order valence-corrected chi connectivity index (χ2v) is 3.66. The minimum Gasteiger partial charge on any atom is -0.310 e. The molecule has 15 heavy (non-hydrogen) atoms. The Balaban J connectivity index is 2.83. The van der Waals surface area contributed by atoms with E-state index in [2.05, 4.69) is 16.5 Å². The Morgan fingerprint density at radius 3 is 2.87 bits per heavy atom. The Hall–Kier alpha value is -1.90. The number of hydrogen-bond donors (Lipinski definition) is 1. The van der Waals surface area contributed by atoms with E-state index in [4.69, 9.17) is 0 Å². The molecule has 1 heterocycles. The van der Waals surface area contributed by atoms with Crippen LogP contribution >= 0.6 is 0 Å². The van der Waals surface area contributed by atoms with E-state index in [1.807, 2.05) is 25.1 Å². The molecule has 1 aromatic heterocycles. The number of allylic oxidation sites excluding steroid dienone is 1. The standard InChI is InChI=1S/C12H12N2O/c1-7(2)9-4-5-11-10(6-9)12(15)14-8(3)13-11/h4-6H,1H2,2-3H3,(H,13,14,15). The molecule has 0 atom stereocenters. The number of nitrogens with zero attached hydrogens (tertiary/aromatic N) is 1. The van der Waals surface area contributed by atoms with Gasteiger partial charge < -0.3 is 4.98 Å². The third kappa shape index (κ3) is 1.68. The average molecular weight is 200 g/mol. The molecule has 3 heteroatoms. The van der Waals surface area contributed by atoms with E-state index >= 15 is 0 Å². The van der Waals surface area contributed by atoms with Crippen LogP contribution in [0.15, 0.2) is 29.6 Å². The number of fused-ring (bicyclic) bond motifs is 1. The highest BCUT2D eigenvalue weighted by Gasteiger charge is 2.02. The van der Waals surface area contributed by atoms with E-state index in [0.29, 0.717) is 11.2 Å². The summed E-state index contributed by atoms with van der Waals surface area (Å²) in [5.74, 6) is 0.635. The van der Waals surface area contributed by atoms with Crippen molar-refractivity contribution in [1.29, 1.82) is 0 Å². The summed E-state index contributed by atoms with van der Waals surface area (Å²) in [7, 11) is 0. The van der Waals surface area contributed by atoms with Crippen LogP contribution in [0.2, 0.25) is 0 Å². The number of aryl methyl sites for hydroxylation is 1. The van der Waals surface area contributed by atoms with Gasteiger partial charge in [0, 0.05) is 0 Å². The first-order chi connectivity index (χ1) is 7.08. The smallest absolute Gasteiger partial charge is 0.258 e. The van der Waals surface area contributed by atoms with E-state index in [-0.39, 0.29) is 5.56 Å². The Bertz CT molecular complexity index is 596. The maximum Gasteiger partial charge on any atom is 0.258 e. The van der Waals surface area contributed by atoms with Crippen molar-refractivity contribution in [3.8, 4) is 0 Å². The van der Waals surface area contributed by atoms with Crippen molar-refractivity contribution in [3.05, 3.63) is 46.5 Å². The first kappa shape index (κ1) is 9.65. The van der Waals surface area contributed by atoms with Crippen LogP contribution in [-0.4, -0.2) is 9.97 Å². The van der Waals surface area contributed by atoms with E-state index in [0.717, 1.165) is 16.7 Å². The summed E-state index contributed by atoms with van der Waals surface area (Å²) >= 11 is 0. The van der Waals surface area contributed by atoms with Crippen LogP contribution in [0.4, 0.5) is 0 Å². The highest BCUT2D eigenvalue weighted by Crippen LogP contribution is 2.15. The van der Waals surface area contributed by atoms with Crippen molar-refractivity contribution in [2.75, 3.05) is 0 Å². The first-order valence-electron chi connectivity index (χ1n) is 4.74. The van der Waals surface area contributed by atoms with Gasteiger partial charge in [0.15, 0.2) is 0 Å². The highest BCUT2D eigenvalue weighted by atomic mass is 16.1. The molecule has 0 unspecified atom stereocenters. The molecule has 0 radical (unpaired) electrons. The maximum atomic E-state index is 11.6. The fourth-order valence-electron chi connectivity index (χ4n) is 1.52. The lowest BCUT2D eigenvalue weighted by molar-refractivity contribution is 1.06. The van der Waals surface area contributed by atoms with Crippen LogP contribution in [0, 0.1) is 6.92 Å². The number of aromatic amines is 1. The molecular weight excluding hydrogens is 188 g/mol. The van der Waals surface area contributed by atoms with Gasteiger partial charge in [0.25, 0.3) is 5.56 Å². The molecule has 0 bridgehead atoms. The van der Waals surface area contributed by atoms with Gasteiger partial charge in [-0.2, -0.15) is 0 Å². The molecule has 0 aliphatic heterocycles. The van der Waals surface area contributed by atoms with Crippen LogP contribution in [0.1, 0.15) is 18.3 Å². The Morgan fingerprint density at radius 2 is 2.20 bits per heavy atom. The molecule has 0 fully saturated rings. The summed E-state index contributed by atoms with van der Waals surface area (Å²) < 4.78 is 0. The summed E-state index contributed by atoms with van der Waals surface area (Å²) in [5, 5.41) is 0.612. The molecule has 1 aromatic carbocycles. The van der Waals surface area contributed by atoms with Gasteiger partial charge in [0.2, 0.25) is 0 Å². The van der Waals surface area contributed by atoms with Crippen molar-refractivity contribution in [2.24, 2.45) is 0 Å². The zero-order valence-electron chi connectivity index (χ0n) is 8.79. The molecule has 1 N–H and O–H groups in total. The summed E-state index contributed by atoms with van der Waals surface area (Å²) in [5.41, 5.74) is 2.54. The molecule has 76 valence electrons. The minimum atomic E-state index is -0.0967. The minimum absolute atomic E-state index is 0.0967. The SMILES string of the molecule is C=C(C)c1ccc2nc(C)[nH]c(=O)c2c1. The van der Waals surface area contributed by atoms with Crippen molar-refractivity contribution < 1.29 is 0 Å². The maximum absolute atomic E-state index is 11.6. The molecular formula is C12H12N2O. The van der Waals surface area contributed by atoms with Gasteiger partial charge in [-0.15, -0.1) is 0 Å². The Morgan fingerprint density at radius 1 is 1.47 bits per heavy atom. The molecule has 0 saturated carbocycles. The van der Waals surface area contributed by atoms with Crippen LogP contribution in [0.25, 0.3) is 16.5 Å². The lowest BCUT2D eigenvalue weighted by Gasteiger charge is -2.02. The molecule has 2 rings (SSSR count). The number of rotatable bonds is 1. The van der Waals surface area contributed by atoms with Crippen LogP contribution in [-0.2, 0) is 0 Å². The van der Waals surface area contributed by atoms with Crippen LogP contribution < -0.4 is 5.56 Å². The van der Waals surface area contributed by atoms with Crippen molar-refractivity contribution in [3.63, 3.8) is 0 Å². The summed E-state index contributed by atoms with van der Waals surface area (Å²) in [6.45, 7) is 7.53. The number of aromatic nitrogens is 2. The lowest BCUT2D eigenvalue weighted by Crippen LogP contribution is -2.09. The quantitative estimate of drug-likeness (QED) is 0.767. The molecule has 2 aromatic rings. The summed E-state index contributed by atoms with van der Waals surface area (Å²) in [6.07, 6.45) is 0. The third-order valence-electron chi connectivity index (χ3n) is 2.32. The monoisotopic (exact) mass is 200 g/mol. The van der Waals surface area contributed by atoms with E-state index < -0.39 is 0 Å². The van der Waals surface area contributed by atoms with Crippen molar-refractivity contribution in [1.82, 2.24) is 9.97 Å². The van der Waals surface area contributed by atoms with Gasteiger partial charge in [0.1, 0.15) is 5.82 Å². The van der Waals surface area contributed by atoms with Crippen molar-refractivity contribution >= 4 is 16.5 Å². The van der Waals surface area contributed by atoms with Gasteiger partial charge in [0.05, 0.1) is 10.9 Å². The summed E-state index contributed by atoms with van der Waals surface area (Å²) in [4.78, 5) is 18.6. The normalized spacial score (nSPS) is 10.5. The summed E-state index contributed by atoms with van der Waals surface area (Å²) in [6, 6.07) is 5.60. The lowest BCUT2D eigenvalue weighted by atomic mass is 10.1. The Kier molecular flexibility index (Phi) is 2.15. The fraction of sp³-hybridized carbons (Fsp3) is 0.167. The number of nitrogens with one attached hydrogen (secondary N) is 1. The van der Waals surface area contributed by atoms with Gasteiger partial charge in [-0.3, -0.25) is 4.79 Å². The van der Waals surface area contributed by atoms with E-state index in [1.54, 1.807) is 6.92 Å². The van der Waals surface area contributed by atoms with E-state index in [1.165, 1.54) is 0 Å². The first-order valence-corrected chi connectivity index (χ1v) is 4.74.